The summed E-state index contributed by atoms with van der Waals surface area (Å²) in [6.45, 7) is 0. The maximum atomic E-state index is 11.8. The van der Waals surface area contributed by atoms with Crippen LogP contribution in [0.3, 0.4) is 0 Å². The van der Waals surface area contributed by atoms with Crippen molar-refractivity contribution in [3.05, 3.63) is 11.7 Å². The highest BCUT2D eigenvalue weighted by atomic mass is 19.2. The van der Waals surface area contributed by atoms with Gasteiger partial charge in [-0.25, -0.2) is 13.6 Å². The summed E-state index contributed by atoms with van der Waals surface area (Å²) < 4.78 is 35.1. The Morgan fingerprint density at radius 2 is 1.90 bits per heavy atom. The van der Waals surface area contributed by atoms with E-state index in [1.165, 1.54) is 0 Å². The predicted molar refractivity (Wildman–Crippen MR) is 26.0 cm³/mol. The number of rotatable bonds is 2. The molecule has 10 heavy (non-hydrogen) atoms. The van der Waals surface area contributed by atoms with E-state index >= 15 is 0 Å². The van der Waals surface area contributed by atoms with Gasteiger partial charge >= 0.3 is 5.97 Å². The Morgan fingerprint density at radius 3 is 2.00 bits per heavy atom. The van der Waals surface area contributed by atoms with E-state index in [0.717, 1.165) is 0 Å². The molecule has 0 bridgehead atoms. The van der Waals surface area contributed by atoms with Crippen molar-refractivity contribution in [2.24, 2.45) is 5.73 Å². The third-order valence-corrected chi connectivity index (χ3v) is 0.640. The minimum atomic E-state index is -2.71. The Morgan fingerprint density at radius 1 is 1.50 bits per heavy atom. The van der Waals surface area contributed by atoms with Crippen molar-refractivity contribution in [2.45, 2.75) is 6.30 Å². The zero-order valence-electron chi connectivity index (χ0n) is 4.64. The van der Waals surface area contributed by atoms with E-state index in [4.69, 9.17) is 5.11 Å². The number of carbonyl (C=O) groups is 1. The maximum Gasteiger partial charge on any atom is 0.367 e. The minimum Gasteiger partial charge on any atom is -0.476 e. The smallest absolute Gasteiger partial charge is 0.367 e. The number of aliphatic carboxylic acids is 1. The molecular formula is C4H4F3NO2. The molecule has 0 aromatic carbocycles. The molecule has 0 aliphatic rings. The summed E-state index contributed by atoms with van der Waals surface area (Å²) in [4.78, 5) is 9.55. The summed E-state index contributed by atoms with van der Waals surface area (Å²) in [5.41, 5.74) is 4.17. The Hall–Kier alpha value is -1.04. The van der Waals surface area contributed by atoms with Gasteiger partial charge in [-0.1, -0.05) is 0 Å². The van der Waals surface area contributed by atoms with Crippen LogP contribution < -0.4 is 5.73 Å². The third kappa shape index (κ3) is 2.06. The minimum absolute atomic E-state index is 2.10. The average Bonchev–Trinajstić information content (AvgIpc) is 1.84. The van der Waals surface area contributed by atoms with Gasteiger partial charge in [0.25, 0.3) is 0 Å². The standard InChI is InChI=1S/C4H4F3NO2/c5-1(3(7)8)2(6)4(9)10/h3H,8H2,(H,9,10)/b2-1+. The number of hydrogen-bond donors (Lipinski definition) is 2. The van der Waals surface area contributed by atoms with Crippen LogP contribution in [0.4, 0.5) is 13.2 Å². The lowest BCUT2D eigenvalue weighted by Crippen LogP contribution is -2.16. The third-order valence-electron chi connectivity index (χ3n) is 0.640. The fourth-order valence-corrected chi connectivity index (χ4v) is 0.223. The van der Waals surface area contributed by atoms with Gasteiger partial charge in [-0.2, -0.15) is 4.39 Å². The number of carboxylic acid groups (broad SMARTS) is 1. The number of carboxylic acids is 1. The Labute approximate surface area is 53.9 Å². The number of alkyl halides is 1. The molecule has 3 nitrogen and oxygen atoms in total. The highest BCUT2D eigenvalue weighted by molar-refractivity contribution is 5.84. The first-order valence-electron chi connectivity index (χ1n) is 2.15. The molecule has 58 valence electrons. The van der Waals surface area contributed by atoms with Gasteiger partial charge < -0.3 is 5.11 Å². The molecule has 0 heterocycles. The van der Waals surface area contributed by atoms with Gasteiger partial charge in [0.15, 0.2) is 5.83 Å². The van der Waals surface area contributed by atoms with Crippen molar-refractivity contribution >= 4 is 5.97 Å². The van der Waals surface area contributed by atoms with E-state index in [1.807, 2.05) is 0 Å². The monoisotopic (exact) mass is 155 g/mol. The molecule has 0 fully saturated rings. The highest BCUT2D eigenvalue weighted by Crippen LogP contribution is 2.11. The fourth-order valence-electron chi connectivity index (χ4n) is 0.223. The number of nitrogens with two attached hydrogens (primary N) is 1. The van der Waals surface area contributed by atoms with E-state index < -0.39 is 23.9 Å². The molecule has 0 aliphatic heterocycles. The van der Waals surface area contributed by atoms with Crippen molar-refractivity contribution in [2.75, 3.05) is 0 Å². The van der Waals surface area contributed by atoms with E-state index in [-0.39, 0.29) is 0 Å². The van der Waals surface area contributed by atoms with Crippen LogP contribution in [-0.4, -0.2) is 17.4 Å². The van der Waals surface area contributed by atoms with E-state index in [1.54, 1.807) is 0 Å². The van der Waals surface area contributed by atoms with Crippen molar-refractivity contribution in [3.8, 4) is 0 Å². The molecule has 0 radical (unpaired) electrons. The summed E-state index contributed by atoms with van der Waals surface area (Å²) in [7, 11) is 0. The molecule has 0 saturated heterocycles. The van der Waals surface area contributed by atoms with Gasteiger partial charge in [0.05, 0.1) is 0 Å². The first-order valence-corrected chi connectivity index (χ1v) is 2.15. The molecule has 0 aromatic heterocycles. The van der Waals surface area contributed by atoms with E-state index in [0.29, 0.717) is 0 Å². The van der Waals surface area contributed by atoms with Crippen LogP contribution in [0.1, 0.15) is 0 Å². The largest absolute Gasteiger partial charge is 0.476 e. The Balaban J connectivity index is 4.50. The molecule has 1 unspecified atom stereocenters. The molecule has 0 rings (SSSR count). The second-order valence-corrected chi connectivity index (χ2v) is 1.37. The van der Waals surface area contributed by atoms with Crippen molar-refractivity contribution in [1.82, 2.24) is 0 Å². The van der Waals surface area contributed by atoms with Crippen LogP contribution >= 0.6 is 0 Å². The van der Waals surface area contributed by atoms with Crippen LogP contribution in [0.2, 0.25) is 0 Å². The molecule has 0 saturated carbocycles. The summed E-state index contributed by atoms with van der Waals surface area (Å²) in [6.07, 6.45) is -2.71. The molecule has 0 amide bonds. The van der Waals surface area contributed by atoms with Crippen LogP contribution in [0.15, 0.2) is 11.7 Å². The second kappa shape index (κ2) is 3.21. The lowest BCUT2D eigenvalue weighted by Gasteiger charge is -1.96. The number of halogens is 3. The first-order chi connectivity index (χ1) is 4.46. The van der Waals surface area contributed by atoms with Crippen LogP contribution in [0.5, 0.6) is 0 Å². The van der Waals surface area contributed by atoms with Gasteiger partial charge in [0, 0.05) is 0 Å². The topological polar surface area (TPSA) is 63.3 Å². The van der Waals surface area contributed by atoms with Gasteiger partial charge in [-0.05, 0) is 0 Å². The molecule has 6 heteroatoms. The zero-order chi connectivity index (χ0) is 8.31. The van der Waals surface area contributed by atoms with E-state index in [9.17, 15) is 18.0 Å². The van der Waals surface area contributed by atoms with Crippen LogP contribution in [0.25, 0.3) is 0 Å². The molecule has 0 aromatic rings. The summed E-state index contributed by atoms with van der Waals surface area (Å²) in [5.74, 6) is -6.48. The molecule has 3 N–H and O–H groups in total. The van der Waals surface area contributed by atoms with Crippen molar-refractivity contribution in [1.29, 1.82) is 0 Å². The zero-order valence-corrected chi connectivity index (χ0v) is 4.64. The first kappa shape index (κ1) is 8.96. The van der Waals surface area contributed by atoms with Crippen LogP contribution in [-0.2, 0) is 4.79 Å². The van der Waals surface area contributed by atoms with E-state index in [2.05, 4.69) is 5.73 Å². The maximum absolute atomic E-state index is 11.8. The molecular weight excluding hydrogens is 151 g/mol. The summed E-state index contributed by atoms with van der Waals surface area (Å²) >= 11 is 0. The van der Waals surface area contributed by atoms with Gasteiger partial charge in [-0.3, -0.25) is 5.73 Å². The highest BCUT2D eigenvalue weighted by Gasteiger charge is 2.19. The average molecular weight is 155 g/mol. The number of hydrogen-bond acceptors (Lipinski definition) is 2. The summed E-state index contributed by atoms with van der Waals surface area (Å²) in [5, 5.41) is 7.71. The normalized spacial score (nSPS) is 16.0. The fraction of sp³-hybridized carbons (Fsp3) is 0.250. The molecule has 1 atom stereocenters. The lowest BCUT2D eigenvalue weighted by atomic mass is 10.4. The van der Waals surface area contributed by atoms with Gasteiger partial charge in [0.1, 0.15) is 0 Å². The quantitative estimate of drug-likeness (QED) is 0.450. The SMILES string of the molecule is NC(F)/C(F)=C(\F)C(=O)O. The van der Waals surface area contributed by atoms with Gasteiger partial charge in [0.2, 0.25) is 12.1 Å². The van der Waals surface area contributed by atoms with Gasteiger partial charge in [-0.15, -0.1) is 0 Å². The Bertz CT molecular complexity index is 177. The van der Waals surface area contributed by atoms with Crippen molar-refractivity contribution < 1.29 is 23.1 Å². The predicted octanol–water partition coefficient (Wildman–Crippen LogP) is 0.476. The molecule has 0 aliphatic carbocycles. The second-order valence-electron chi connectivity index (χ2n) is 1.37. The lowest BCUT2D eigenvalue weighted by molar-refractivity contribution is -0.134. The summed E-state index contributed by atoms with van der Waals surface area (Å²) in [6, 6.07) is 0. The Kier molecular flexibility index (Phi) is 2.88. The van der Waals surface area contributed by atoms with Crippen LogP contribution in [0, 0.1) is 0 Å². The molecule has 0 spiro atoms. The van der Waals surface area contributed by atoms with Crippen molar-refractivity contribution in [3.63, 3.8) is 0 Å².